The van der Waals surface area contributed by atoms with Crippen LogP contribution in [0.25, 0.3) is 0 Å². The van der Waals surface area contributed by atoms with E-state index < -0.39 is 11.7 Å². The SMILES string of the molecule is NC(=O)c1ccc(N2Cc3cc(O)ccc3OC3=C2C(=O)c2ccccc2C3=O)cc1. The quantitative estimate of drug-likeness (QED) is 0.669. The first-order valence-electron chi connectivity index (χ1n) is 9.54. The molecule has 0 bridgehead atoms. The molecule has 0 spiro atoms. The average Bonchev–Trinajstić information content (AvgIpc) is 2.94. The molecule has 5 rings (SSSR count). The summed E-state index contributed by atoms with van der Waals surface area (Å²) in [7, 11) is 0. The van der Waals surface area contributed by atoms with Gasteiger partial charge in [-0.05, 0) is 42.5 Å². The molecule has 1 aliphatic heterocycles. The molecule has 7 nitrogen and oxygen atoms in total. The number of hydrogen-bond donors (Lipinski definition) is 2. The van der Waals surface area contributed by atoms with Gasteiger partial charge in [-0.3, -0.25) is 14.4 Å². The minimum Gasteiger partial charge on any atom is -0.508 e. The predicted octanol–water partition coefficient (Wildman–Crippen LogP) is 3.18. The molecule has 7 heteroatoms. The Hall–Kier alpha value is -4.39. The van der Waals surface area contributed by atoms with E-state index in [9.17, 15) is 19.5 Å². The van der Waals surface area contributed by atoms with Gasteiger partial charge in [0.05, 0.1) is 6.54 Å². The first-order valence-corrected chi connectivity index (χ1v) is 9.54. The Kier molecular flexibility index (Phi) is 4.11. The molecular weight excluding hydrogens is 396 g/mol. The van der Waals surface area contributed by atoms with E-state index in [-0.39, 0.29) is 35.1 Å². The second-order valence-corrected chi connectivity index (χ2v) is 7.27. The Morgan fingerprint density at radius 2 is 1.61 bits per heavy atom. The summed E-state index contributed by atoms with van der Waals surface area (Å²) in [6.45, 7) is 0.166. The number of phenols is 1. The van der Waals surface area contributed by atoms with Crippen molar-refractivity contribution < 1.29 is 24.2 Å². The number of ketones is 2. The topological polar surface area (TPSA) is 110 Å². The van der Waals surface area contributed by atoms with Crippen molar-refractivity contribution in [2.24, 2.45) is 5.73 Å². The molecule has 31 heavy (non-hydrogen) atoms. The predicted molar refractivity (Wildman–Crippen MR) is 112 cm³/mol. The number of benzene rings is 3. The zero-order valence-corrected chi connectivity index (χ0v) is 16.2. The van der Waals surface area contributed by atoms with Crippen LogP contribution in [0, 0.1) is 0 Å². The van der Waals surface area contributed by atoms with Crippen molar-refractivity contribution in [2.75, 3.05) is 4.90 Å². The number of hydrogen-bond acceptors (Lipinski definition) is 6. The van der Waals surface area contributed by atoms with Gasteiger partial charge >= 0.3 is 0 Å². The number of carbonyl (C=O) groups excluding carboxylic acids is 3. The zero-order chi connectivity index (χ0) is 21.7. The number of Topliss-reactive ketones (excluding diaryl/α,β-unsaturated/α-hetero) is 2. The van der Waals surface area contributed by atoms with Gasteiger partial charge in [0.15, 0.2) is 0 Å². The van der Waals surface area contributed by atoms with Crippen LogP contribution in [-0.4, -0.2) is 22.6 Å². The smallest absolute Gasteiger partial charge is 0.248 e. The van der Waals surface area contributed by atoms with Gasteiger partial charge in [-0.25, -0.2) is 0 Å². The zero-order valence-electron chi connectivity index (χ0n) is 16.2. The molecule has 152 valence electrons. The molecule has 0 unspecified atom stereocenters. The number of allylic oxidation sites excluding steroid dienone is 2. The Labute approximate surface area is 177 Å². The second kappa shape index (κ2) is 6.84. The lowest BCUT2D eigenvalue weighted by Crippen LogP contribution is -2.34. The largest absolute Gasteiger partial charge is 0.508 e. The number of nitrogens with two attached hydrogens (primary N) is 1. The third-order valence-corrected chi connectivity index (χ3v) is 5.37. The van der Waals surface area contributed by atoms with E-state index in [0.29, 0.717) is 28.1 Å². The van der Waals surface area contributed by atoms with Gasteiger partial charge in [0, 0.05) is 27.9 Å². The number of ether oxygens (including phenoxy) is 1. The molecular formula is C24H16N2O5. The maximum Gasteiger partial charge on any atom is 0.248 e. The molecule has 3 aromatic rings. The lowest BCUT2D eigenvalue weighted by molar-refractivity contribution is 0.0936. The Morgan fingerprint density at radius 1 is 0.935 bits per heavy atom. The van der Waals surface area contributed by atoms with Crippen LogP contribution in [0.3, 0.4) is 0 Å². The standard InChI is InChI=1S/C24H16N2O5/c25-24(30)13-5-7-15(8-6-13)26-12-14-11-16(27)9-10-19(14)31-23-20(26)21(28)17-3-1-2-4-18(17)22(23)29/h1-11,27H,12H2,(H2,25,30). The van der Waals surface area contributed by atoms with Gasteiger partial charge in [0.1, 0.15) is 17.2 Å². The van der Waals surface area contributed by atoms with Gasteiger partial charge in [-0.1, -0.05) is 24.3 Å². The van der Waals surface area contributed by atoms with E-state index in [2.05, 4.69) is 0 Å². The van der Waals surface area contributed by atoms with Gasteiger partial charge in [-0.15, -0.1) is 0 Å². The van der Waals surface area contributed by atoms with Crippen molar-refractivity contribution in [1.82, 2.24) is 0 Å². The third-order valence-electron chi connectivity index (χ3n) is 5.37. The van der Waals surface area contributed by atoms with Crippen LogP contribution in [0.5, 0.6) is 11.5 Å². The van der Waals surface area contributed by atoms with E-state index >= 15 is 0 Å². The Balaban J connectivity index is 1.72. The number of primary amides is 1. The fourth-order valence-electron chi connectivity index (χ4n) is 3.85. The van der Waals surface area contributed by atoms with E-state index in [0.717, 1.165) is 0 Å². The van der Waals surface area contributed by atoms with Gasteiger partial charge in [0.2, 0.25) is 23.2 Å². The molecule has 3 N–H and O–H groups in total. The van der Waals surface area contributed by atoms with Crippen molar-refractivity contribution in [3.8, 4) is 11.5 Å². The van der Waals surface area contributed by atoms with Crippen LogP contribution in [0.2, 0.25) is 0 Å². The van der Waals surface area contributed by atoms with Crippen LogP contribution < -0.4 is 15.4 Å². The van der Waals surface area contributed by atoms with Crippen molar-refractivity contribution in [2.45, 2.75) is 6.54 Å². The molecule has 0 saturated carbocycles. The van der Waals surface area contributed by atoms with Crippen LogP contribution >= 0.6 is 0 Å². The van der Waals surface area contributed by atoms with Crippen LogP contribution in [-0.2, 0) is 6.54 Å². The monoisotopic (exact) mass is 412 g/mol. The molecule has 0 aromatic heterocycles. The summed E-state index contributed by atoms with van der Waals surface area (Å²) in [5.74, 6) is -0.980. The number of rotatable bonds is 2. The summed E-state index contributed by atoms with van der Waals surface area (Å²) in [5.41, 5.74) is 7.49. The van der Waals surface area contributed by atoms with Crippen molar-refractivity contribution in [3.05, 3.63) is 100 Å². The lowest BCUT2D eigenvalue weighted by Gasteiger charge is -2.28. The first kappa shape index (κ1) is 18.6. The van der Waals surface area contributed by atoms with Crippen molar-refractivity contribution >= 4 is 23.2 Å². The maximum atomic E-state index is 13.5. The Morgan fingerprint density at radius 3 is 2.29 bits per heavy atom. The van der Waals surface area contributed by atoms with E-state index in [1.165, 1.54) is 12.1 Å². The van der Waals surface area contributed by atoms with Crippen LogP contribution in [0.4, 0.5) is 5.69 Å². The number of nitrogens with zero attached hydrogens (tertiary/aromatic N) is 1. The summed E-state index contributed by atoms with van der Waals surface area (Å²) in [4.78, 5) is 39.9. The number of aromatic hydroxyl groups is 1. The molecule has 0 saturated heterocycles. The summed E-state index contributed by atoms with van der Waals surface area (Å²) in [6.07, 6.45) is 0. The van der Waals surface area contributed by atoms with Crippen molar-refractivity contribution in [3.63, 3.8) is 0 Å². The minimum atomic E-state index is -0.571. The minimum absolute atomic E-state index is 0.0344. The van der Waals surface area contributed by atoms with Gasteiger partial charge in [0.25, 0.3) is 0 Å². The van der Waals surface area contributed by atoms with E-state index in [1.54, 1.807) is 59.5 Å². The highest BCUT2D eigenvalue weighted by Crippen LogP contribution is 2.39. The molecule has 0 fully saturated rings. The molecule has 1 heterocycles. The first-order chi connectivity index (χ1) is 14.9. The van der Waals surface area contributed by atoms with E-state index in [1.807, 2.05) is 0 Å². The fraction of sp³-hybridized carbons (Fsp3) is 0.0417. The summed E-state index contributed by atoms with van der Waals surface area (Å²) >= 11 is 0. The number of fused-ring (bicyclic) bond motifs is 2. The second-order valence-electron chi connectivity index (χ2n) is 7.27. The highest BCUT2D eigenvalue weighted by Gasteiger charge is 2.39. The summed E-state index contributed by atoms with van der Waals surface area (Å²) in [5, 5.41) is 9.97. The Bertz CT molecular complexity index is 1310. The highest BCUT2D eigenvalue weighted by molar-refractivity contribution is 6.27. The highest BCUT2D eigenvalue weighted by atomic mass is 16.5. The maximum absolute atomic E-state index is 13.5. The fourth-order valence-corrected chi connectivity index (χ4v) is 3.85. The number of amides is 1. The number of anilines is 1. The summed E-state index contributed by atoms with van der Waals surface area (Å²) < 4.78 is 5.95. The number of phenolic OH excluding ortho intramolecular Hbond substituents is 1. The molecule has 0 radical (unpaired) electrons. The van der Waals surface area contributed by atoms with Crippen molar-refractivity contribution in [1.29, 1.82) is 0 Å². The van der Waals surface area contributed by atoms with Crippen LogP contribution in [0.1, 0.15) is 36.6 Å². The molecule has 1 aliphatic carbocycles. The molecule has 1 amide bonds. The third kappa shape index (κ3) is 2.95. The molecule has 0 atom stereocenters. The molecule has 3 aromatic carbocycles. The normalized spacial score (nSPS) is 14.9. The van der Waals surface area contributed by atoms with Crippen LogP contribution in [0.15, 0.2) is 78.2 Å². The van der Waals surface area contributed by atoms with Gasteiger partial charge < -0.3 is 20.5 Å². The number of carbonyl (C=O) groups is 3. The van der Waals surface area contributed by atoms with Gasteiger partial charge in [-0.2, -0.15) is 0 Å². The average molecular weight is 412 g/mol. The van der Waals surface area contributed by atoms with E-state index in [4.69, 9.17) is 10.5 Å². The summed E-state index contributed by atoms with van der Waals surface area (Å²) in [6, 6.07) is 17.5. The lowest BCUT2D eigenvalue weighted by atomic mass is 9.90. The molecule has 2 aliphatic rings.